The molecule has 0 spiro atoms. The van der Waals surface area contributed by atoms with Crippen LogP contribution in [-0.2, 0) is 16.1 Å². The number of hydrogen-bond acceptors (Lipinski definition) is 4. The molecule has 24 heavy (non-hydrogen) atoms. The molecular formula is C17H24N4O3. The minimum atomic E-state index is -0.619. The first-order chi connectivity index (χ1) is 11.4. The third-order valence-electron chi connectivity index (χ3n) is 3.68. The predicted octanol–water partition coefficient (Wildman–Crippen LogP) is 2.29. The number of likely N-dealkylation sites (N-methyl/N-ethyl adjacent to an activating group) is 1. The maximum Gasteiger partial charge on any atom is 0.407 e. The molecule has 2 N–H and O–H groups in total. The van der Waals surface area contributed by atoms with Crippen molar-refractivity contribution in [3.8, 4) is 0 Å². The predicted molar refractivity (Wildman–Crippen MR) is 91.4 cm³/mol. The van der Waals surface area contributed by atoms with Crippen LogP contribution in [0.1, 0.15) is 26.1 Å². The summed E-state index contributed by atoms with van der Waals surface area (Å²) in [7, 11) is 2.98. The van der Waals surface area contributed by atoms with Crippen molar-refractivity contribution in [1.29, 1.82) is 0 Å². The smallest absolute Gasteiger partial charge is 0.407 e. The van der Waals surface area contributed by atoms with Gasteiger partial charge in [0.2, 0.25) is 5.91 Å². The van der Waals surface area contributed by atoms with E-state index >= 15 is 0 Å². The highest BCUT2D eigenvalue weighted by Crippen LogP contribution is 2.13. The van der Waals surface area contributed by atoms with Crippen LogP contribution < -0.4 is 5.32 Å². The topological polar surface area (TPSA) is 87.3 Å². The lowest BCUT2D eigenvalue weighted by Gasteiger charge is -2.24. The first kappa shape index (κ1) is 17.8. The summed E-state index contributed by atoms with van der Waals surface area (Å²) in [4.78, 5) is 33.4. The lowest BCUT2D eigenvalue weighted by atomic mass is 10.0. The molecule has 2 rings (SSSR count). The molecule has 0 bridgehead atoms. The molecule has 0 fully saturated rings. The van der Waals surface area contributed by atoms with Crippen LogP contribution in [-0.4, -0.2) is 47.1 Å². The summed E-state index contributed by atoms with van der Waals surface area (Å²) in [6, 6.07) is 7.08. The van der Waals surface area contributed by atoms with E-state index in [4.69, 9.17) is 0 Å². The zero-order chi connectivity index (χ0) is 17.7. The van der Waals surface area contributed by atoms with Gasteiger partial charge in [-0.15, -0.1) is 0 Å². The molecule has 0 aliphatic rings. The van der Waals surface area contributed by atoms with Crippen molar-refractivity contribution in [1.82, 2.24) is 20.2 Å². The lowest BCUT2D eigenvalue weighted by Crippen LogP contribution is -2.47. The number of aromatic amines is 1. The van der Waals surface area contributed by atoms with Gasteiger partial charge < -0.3 is 19.9 Å². The third-order valence-corrected chi connectivity index (χ3v) is 3.68. The second-order valence-electron chi connectivity index (χ2n) is 6.21. The van der Waals surface area contributed by atoms with Gasteiger partial charge >= 0.3 is 6.09 Å². The first-order valence-corrected chi connectivity index (χ1v) is 7.93. The van der Waals surface area contributed by atoms with Crippen molar-refractivity contribution in [3.63, 3.8) is 0 Å². The van der Waals surface area contributed by atoms with Crippen molar-refractivity contribution in [2.45, 2.75) is 32.9 Å². The van der Waals surface area contributed by atoms with Crippen LogP contribution in [0.5, 0.6) is 0 Å². The molecule has 7 nitrogen and oxygen atoms in total. The number of para-hydroxylation sites is 2. The van der Waals surface area contributed by atoms with Crippen molar-refractivity contribution < 1.29 is 14.3 Å². The molecule has 7 heteroatoms. The zero-order valence-electron chi connectivity index (χ0n) is 14.5. The number of rotatable bonds is 6. The highest BCUT2D eigenvalue weighted by molar-refractivity contribution is 5.85. The number of amides is 2. The molecule has 1 unspecified atom stereocenters. The van der Waals surface area contributed by atoms with E-state index in [1.165, 1.54) is 7.11 Å². The number of carbonyl (C=O) groups excluding carboxylic acids is 2. The summed E-state index contributed by atoms with van der Waals surface area (Å²) < 4.78 is 4.61. The summed E-state index contributed by atoms with van der Waals surface area (Å²) in [5.74, 6) is 0.790. The third kappa shape index (κ3) is 4.47. The van der Waals surface area contributed by atoms with Crippen molar-refractivity contribution in [2.24, 2.45) is 5.92 Å². The Kier molecular flexibility index (Phi) is 5.78. The number of hydrogen-bond donors (Lipinski definition) is 2. The van der Waals surface area contributed by atoms with E-state index in [9.17, 15) is 9.59 Å². The molecule has 1 aromatic heterocycles. The fraction of sp³-hybridized carbons (Fsp3) is 0.471. The number of methoxy groups -OCH3 is 1. The Morgan fingerprint density at radius 3 is 2.67 bits per heavy atom. The summed E-state index contributed by atoms with van der Waals surface area (Å²) in [6.45, 7) is 4.34. The number of H-pyrrole nitrogens is 1. The van der Waals surface area contributed by atoms with E-state index in [2.05, 4.69) is 20.0 Å². The number of nitrogens with one attached hydrogen (secondary N) is 2. The Morgan fingerprint density at radius 1 is 1.33 bits per heavy atom. The molecule has 1 aromatic carbocycles. The highest BCUT2D eigenvalue weighted by atomic mass is 16.5. The Labute approximate surface area is 141 Å². The molecular weight excluding hydrogens is 308 g/mol. The molecule has 1 atom stereocenters. The van der Waals surface area contributed by atoms with Gasteiger partial charge in [0.05, 0.1) is 24.7 Å². The Hall–Kier alpha value is -2.57. The fourth-order valence-corrected chi connectivity index (χ4v) is 2.54. The van der Waals surface area contributed by atoms with E-state index < -0.39 is 12.1 Å². The van der Waals surface area contributed by atoms with E-state index in [-0.39, 0.29) is 11.8 Å². The maximum absolute atomic E-state index is 12.7. The minimum Gasteiger partial charge on any atom is -0.453 e. The SMILES string of the molecule is COC(=O)NC(CC(C)C)C(=O)N(C)Cc1nc2ccccc2[nH]1. The number of ether oxygens (including phenoxy) is 1. The molecule has 1 heterocycles. The Balaban J connectivity index is 2.08. The second kappa shape index (κ2) is 7.81. The van der Waals surface area contributed by atoms with Gasteiger partial charge in [-0.3, -0.25) is 4.79 Å². The first-order valence-electron chi connectivity index (χ1n) is 7.93. The largest absolute Gasteiger partial charge is 0.453 e. The van der Waals surface area contributed by atoms with Gasteiger partial charge in [-0.05, 0) is 24.5 Å². The highest BCUT2D eigenvalue weighted by Gasteiger charge is 2.25. The number of nitrogens with zero attached hydrogens (tertiary/aromatic N) is 2. The number of aromatic nitrogens is 2. The van der Waals surface area contributed by atoms with E-state index in [1.807, 2.05) is 38.1 Å². The lowest BCUT2D eigenvalue weighted by molar-refractivity contribution is -0.133. The number of carbonyl (C=O) groups is 2. The molecule has 0 aliphatic carbocycles. The number of alkyl carbamates (subject to hydrolysis) is 1. The van der Waals surface area contributed by atoms with Gasteiger partial charge in [-0.2, -0.15) is 0 Å². The molecule has 2 aromatic rings. The van der Waals surface area contributed by atoms with Crippen LogP contribution >= 0.6 is 0 Å². The quantitative estimate of drug-likeness (QED) is 0.849. The Morgan fingerprint density at radius 2 is 2.04 bits per heavy atom. The monoisotopic (exact) mass is 332 g/mol. The van der Waals surface area contributed by atoms with Gasteiger partial charge in [-0.1, -0.05) is 26.0 Å². The summed E-state index contributed by atoms with van der Waals surface area (Å²) in [6.07, 6.45) is -0.0653. The standard InChI is InChI=1S/C17H24N4O3/c1-11(2)9-14(20-17(23)24-4)16(22)21(3)10-15-18-12-7-5-6-8-13(12)19-15/h5-8,11,14H,9-10H2,1-4H3,(H,18,19)(H,20,23). The second-order valence-corrected chi connectivity index (χ2v) is 6.21. The average molecular weight is 332 g/mol. The van der Waals surface area contributed by atoms with Crippen LogP contribution in [0.3, 0.4) is 0 Å². The minimum absolute atomic E-state index is 0.172. The fourth-order valence-electron chi connectivity index (χ4n) is 2.54. The van der Waals surface area contributed by atoms with Crippen LogP contribution in [0.25, 0.3) is 11.0 Å². The number of benzene rings is 1. The van der Waals surface area contributed by atoms with E-state index in [1.54, 1.807) is 11.9 Å². The number of fused-ring (bicyclic) bond motifs is 1. The van der Waals surface area contributed by atoms with E-state index in [0.29, 0.717) is 18.8 Å². The normalized spacial score (nSPS) is 12.2. The Bertz CT molecular complexity index is 678. The molecule has 0 saturated heterocycles. The van der Waals surface area contributed by atoms with Crippen molar-refractivity contribution in [3.05, 3.63) is 30.1 Å². The molecule has 0 saturated carbocycles. The van der Waals surface area contributed by atoms with Gasteiger partial charge in [0.25, 0.3) is 0 Å². The van der Waals surface area contributed by atoms with Crippen LogP contribution in [0, 0.1) is 5.92 Å². The van der Waals surface area contributed by atoms with Crippen LogP contribution in [0.4, 0.5) is 4.79 Å². The number of imidazole rings is 1. The average Bonchev–Trinajstić information content (AvgIpc) is 2.94. The molecule has 130 valence electrons. The van der Waals surface area contributed by atoms with Gasteiger partial charge in [0, 0.05) is 7.05 Å². The van der Waals surface area contributed by atoms with Gasteiger partial charge in [0.15, 0.2) is 0 Å². The van der Waals surface area contributed by atoms with Gasteiger partial charge in [0.1, 0.15) is 11.9 Å². The van der Waals surface area contributed by atoms with Gasteiger partial charge in [-0.25, -0.2) is 9.78 Å². The molecule has 0 radical (unpaired) electrons. The maximum atomic E-state index is 12.7. The summed E-state index contributed by atoms with van der Waals surface area (Å²) >= 11 is 0. The van der Waals surface area contributed by atoms with Crippen molar-refractivity contribution >= 4 is 23.0 Å². The van der Waals surface area contributed by atoms with Crippen LogP contribution in [0.2, 0.25) is 0 Å². The molecule has 2 amide bonds. The zero-order valence-corrected chi connectivity index (χ0v) is 14.5. The van der Waals surface area contributed by atoms with Crippen molar-refractivity contribution in [2.75, 3.05) is 14.2 Å². The molecule has 0 aliphatic heterocycles. The summed E-state index contributed by atoms with van der Waals surface area (Å²) in [5, 5.41) is 2.61. The summed E-state index contributed by atoms with van der Waals surface area (Å²) in [5.41, 5.74) is 1.79. The van der Waals surface area contributed by atoms with E-state index in [0.717, 1.165) is 11.0 Å². The van der Waals surface area contributed by atoms with Crippen LogP contribution in [0.15, 0.2) is 24.3 Å².